The van der Waals surface area contributed by atoms with Crippen LogP contribution >= 0.6 is 0 Å². The molecular weight excluding hydrogens is 197 g/mol. The van der Waals surface area contributed by atoms with Crippen LogP contribution in [0.25, 0.3) is 0 Å². The fourth-order valence-corrected chi connectivity index (χ4v) is 1.01. The topological polar surface area (TPSA) is 40.5 Å². The van der Waals surface area contributed by atoms with Crippen molar-refractivity contribution in [1.82, 2.24) is 4.90 Å². The Kier molecular flexibility index (Phi) is 3.44. The molecule has 0 saturated carbocycles. The van der Waals surface area contributed by atoms with Crippen molar-refractivity contribution in [3.05, 3.63) is 41.9 Å². The predicted molar refractivity (Wildman–Crippen MR) is 55.2 cm³/mol. The summed E-state index contributed by atoms with van der Waals surface area (Å²) in [6.07, 6.45) is 2.81. The number of hydrogen-bond donors (Lipinski definition) is 1. The number of rotatable bonds is 3. The summed E-state index contributed by atoms with van der Waals surface area (Å²) < 4.78 is 12.8. The molecule has 15 heavy (non-hydrogen) atoms. The number of allylic oxidation sites excluding steroid dienone is 1. The maximum absolute atomic E-state index is 12.8. The van der Waals surface area contributed by atoms with Crippen LogP contribution in [0.3, 0.4) is 0 Å². The zero-order chi connectivity index (χ0) is 11.4. The highest BCUT2D eigenvalue weighted by Crippen LogP contribution is 2.18. The van der Waals surface area contributed by atoms with Crippen molar-refractivity contribution in [3.63, 3.8) is 0 Å². The van der Waals surface area contributed by atoms with E-state index in [2.05, 4.69) is 0 Å². The van der Waals surface area contributed by atoms with E-state index in [1.54, 1.807) is 19.0 Å². The average molecular weight is 209 g/mol. The molecule has 1 aromatic rings. The van der Waals surface area contributed by atoms with Gasteiger partial charge in [0.2, 0.25) is 0 Å². The number of carbonyl (C=O) groups excluding carboxylic acids is 1. The van der Waals surface area contributed by atoms with Gasteiger partial charge in [-0.25, -0.2) is 4.39 Å². The monoisotopic (exact) mass is 209 g/mol. The molecule has 0 aliphatic carbocycles. The predicted octanol–water partition coefficient (Wildman–Crippen LogP) is 1.79. The maximum atomic E-state index is 12.8. The minimum absolute atomic E-state index is 0.0342. The Bertz CT molecular complexity index is 400. The minimum atomic E-state index is -0.547. The number of phenols is 1. The number of hydrogen-bond acceptors (Lipinski definition) is 3. The summed E-state index contributed by atoms with van der Waals surface area (Å²) in [5, 5.41) is 9.34. The third-order valence-electron chi connectivity index (χ3n) is 1.75. The number of carbonyl (C=O) groups is 1. The molecule has 1 N–H and O–H groups in total. The van der Waals surface area contributed by atoms with Crippen LogP contribution in [0.15, 0.2) is 30.5 Å². The van der Waals surface area contributed by atoms with Gasteiger partial charge in [0.25, 0.3) is 0 Å². The van der Waals surface area contributed by atoms with Gasteiger partial charge in [-0.15, -0.1) is 0 Å². The van der Waals surface area contributed by atoms with Gasteiger partial charge >= 0.3 is 0 Å². The fraction of sp³-hybridized carbons (Fsp3) is 0.182. The molecule has 1 rings (SSSR count). The second kappa shape index (κ2) is 4.59. The van der Waals surface area contributed by atoms with Gasteiger partial charge in [-0.2, -0.15) is 0 Å². The Morgan fingerprint density at radius 1 is 1.47 bits per heavy atom. The van der Waals surface area contributed by atoms with Crippen LogP contribution < -0.4 is 0 Å². The lowest BCUT2D eigenvalue weighted by Crippen LogP contribution is -2.03. The molecule has 0 amide bonds. The van der Waals surface area contributed by atoms with E-state index in [1.165, 1.54) is 12.3 Å². The third kappa shape index (κ3) is 3.09. The highest BCUT2D eigenvalue weighted by molar-refractivity contribution is 6.06. The van der Waals surface area contributed by atoms with E-state index in [1.807, 2.05) is 0 Å². The van der Waals surface area contributed by atoms with E-state index in [9.17, 15) is 14.3 Å². The lowest BCUT2D eigenvalue weighted by molar-refractivity contribution is 0.104. The number of aromatic hydroxyl groups is 1. The first kappa shape index (κ1) is 11.2. The van der Waals surface area contributed by atoms with Gasteiger partial charge < -0.3 is 10.0 Å². The molecule has 0 bridgehead atoms. The fourth-order valence-electron chi connectivity index (χ4n) is 1.01. The molecule has 0 aliphatic rings. The van der Waals surface area contributed by atoms with E-state index < -0.39 is 11.6 Å². The van der Waals surface area contributed by atoms with E-state index in [4.69, 9.17) is 0 Å². The Morgan fingerprint density at radius 3 is 2.73 bits per heavy atom. The number of benzene rings is 1. The molecule has 3 nitrogen and oxygen atoms in total. The first-order chi connectivity index (χ1) is 7.00. The quantitative estimate of drug-likeness (QED) is 0.609. The Morgan fingerprint density at radius 2 is 2.13 bits per heavy atom. The summed E-state index contributed by atoms with van der Waals surface area (Å²) in [6.45, 7) is 0. The lowest BCUT2D eigenvalue weighted by atomic mass is 10.1. The minimum Gasteiger partial charge on any atom is -0.507 e. The second-order valence-corrected chi connectivity index (χ2v) is 3.31. The SMILES string of the molecule is CN(C)/C=C/C(=O)c1cc(F)ccc1O. The molecule has 0 aliphatic heterocycles. The largest absolute Gasteiger partial charge is 0.507 e. The van der Waals surface area contributed by atoms with Crippen molar-refractivity contribution < 1.29 is 14.3 Å². The van der Waals surface area contributed by atoms with Crippen LogP contribution in [0.5, 0.6) is 5.75 Å². The van der Waals surface area contributed by atoms with Crippen molar-refractivity contribution in [2.45, 2.75) is 0 Å². The van der Waals surface area contributed by atoms with Gasteiger partial charge in [-0.1, -0.05) is 0 Å². The number of ketones is 1. The molecule has 1 aromatic carbocycles. The highest BCUT2D eigenvalue weighted by atomic mass is 19.1. The molecule has 0 fully saturated rings. The second-order valence-electron chi connectivity index (χ2n) is 3.31. The van der Waals surface area contributed by atoms with Crippen molar-refractivity contribution in [3.8, 4) is 5.75 Å². The number of phenolic OH excluding ortho intramolecular Hbond substituents is 1. The van der Waals surface area contributed by atoms with Gasteiger partial charge in [-0.3, -0.25) is 4.79 Å². The molecule has 0 radical (unpaired) electrons. The molecular formula is C11H12FNO2. The smallest absolute Gasteiger partial charge is 0.191 e. The molecule has 0 unspecified atom stereocenters. The Labute approximate surface area is 87.4 Å². The molecule has 80 valence electrons. The standard InChI is InChI=1S/C11H12FNO2/c1-13(2)6-5-11(15)9-7-8(12)3-4-10(9)14/h3-7,14H,1-2H3/b6-5+. The third-order valence-corrected chi connectivity index (χ3v) is 1.75. The normalized spacial score (nSPS) is 10.6. The van der Waals surface area contributed by atoms with Crippen molar-refractivity contribution in [2.24, 2.45) is 0 Å². The summed E-state index contributed by atoms with van der Waals surface area (Å²) in [5.74, 6) is -1.19. The van der Waals surface area contributed by atoms with E-state index >= 15 is 0 Å². The van der Waals surface area contributed by atoms with Crippen LogP contribution in [0.4, 0.5) is 4.39 Å². The van der Waals surface area contributed by atoms with Gasteiger partial charge in [0.05, 0.1) is 5.56 Å². The van der Waals surface area contributed by atoms with Gasteiger partial charge in [-0.05, 0) is 18.2 Å². The van der Waals surface area contributed by atoms with E-state index in [0.29, 0.717) is 0 Å². The van der Waals surface area contributed by atoms with Gasteiger partial charge in [0.15, 0.2) is 5.78 Å². The zero-order valence-corrected chi connectivity index (χ0v) is 8.57. The first-order valence-electron chi connectivity index (χ1n) is 4.38. The van der Waals surface area contributed by atoms with E-state index in [-0.39, 0.29) is 11.3 Å². The molecule has 0 atom stereocenters. The molecule has 0 heterocycles. The maximum Gasteiger partial charge on any atom is 0.191 e. The summed E-state index contributed by atoms with van der Waals surface area (Å²) in [6, 6.07) is 3.27. The number of halogens is 1. The molecule has 0 saturated heterocycles. The van der Waals surface area contributed by atoms with Crippen LogP contribution in [0.1, 0.15) is 10.4 Å². The zero-order valence-electron chi connectivity index (χ0n) is 8.57. The molecule has 0 spiro atoms. The Balaban J connectivity index is 2.96. The number of nitrogens with zero attached hydrogens (tertiary/aromatic N) is 1. The van der Waals surface area contributed by atoms with Crippen molar-refractivity contribution in [1.29, 1.82) is 0 Å². The van der Waals surface area contributed by atoms with Crippen LogP contribution in [-0.2, 0) is 0 Å². The van der Waals surface area contributed by atoms with Gasteiger partial charge in [0, 0.05) is 26.4 Å². The summed E-state index contributed by atoms with van der Waals surface area (Å²) in [7, 11) is 3.52. The average Bonchev–Trinajstić information content (AvgIpc) is 2.18. The molecule has 0 aromatic heterocycles. The Hall–Kier alpha value is -1.84. The van der Waals surface area contributed by atoms with Crippen molar-refractivity contribution >= 4 is 5.78 Å². The van der Waals surface area contributed by atoms with Crippen LogP contribution in [0, 0.1) is 5.82 Å². The van der Waals surface area contributed by atoms with Crippen LogP contribution in [0.2, 0.25) is 0 Å². The van der Waals surface area contributed by atoms with Crippen molar-refractivity contribution in [2.75, 3.05) is 14.1 Å². The summed E-state index contributed by atoms with van der Waals surface area (Å²) in [4.78, 5) is 13.2. The first-order valence-corrected chi connectivity index (χ1v) is 4.38. The summed E-state index contributed by atoms with van der Waals surface area (Å²) >= 11 is 0. The highest BCUT2D eigenvalue weighted by Gasteiger charge is 2.09. The van der Waals surface area contributed by atoms with Gasteiger partial charge in [0.1, 0.15) is 11.6 Å². The summed E-state index contributed by atoms with van der Waals surface area (Å²) in [5.41, 5.74) is -0.0342. The lowest BCUT2D eigenvalue weighted by Gasteiger charge is -2.04. The molecule has 4 heteroatoms. The van der Waals surface area contributed by atoms with E-state index in [0.717, 1.165) is 18.2 Å². The van der Waals surface area contributed by atoms with Crippen LogP contribution in [-0.4, -0.2) is 29.9 Å².